The van der Waals surface area contributed by atoms with E-state index in [1.54, 1.807) is 0 Å². The molecule has 0 bridgehead atoms. The van der Waals surface area contributed by atoms with Crippen LogP contribution < -0.4 is 0 Å². The predicted octanol–water partition coefficient (Wildman–Crippen LogP) is 4.67. The molecule has 0 aromatic heterocycles. The van der Waals surface area contributed by atoms with Crippen molar-refractivity contribution in [2.75, 3.05) is 0 Å². The highest BCUT2D eigenvalue weighted by Crippen LogP contribution is 2.06. The summed E-state index contributed by atoms with van der Waals surface area (Å²) < 4.78 is 0. The van der Waals surface area contributed by atoms with Gasteiger partial charge in [-0.25, -0.2) is 0 Å². The van der Waals surface area contributed by atoms with Crippen LogP contribution in [0.1, 0.15) is 59.3 Å². The summed E-state index contributed by atoms with van der Waals surface area (Å²) in [6.07, 6.45) is 15.2. The van der Waals surface area contributed by atoms with Crippen LogP contribution in [0.3, 0.4) is 0 Å². The van der Waals surface area contributed by atoms with Crippen molar-refractivity contribution in [3.63, 3.8) is 0 Å². The van der Waals surface area contributed by atoms with Crippen LogP contribution in [0.2, 0.25) is 0 Å². The minimum Gasteiger partial charge on any atom is -0.0843 e. The van der Waals surface area contributed by atoms with Crippen molar-refractivity contribution < 1.29 is 0 Å². The van der Waals surface area contributed by atoms with Crippen LogP contribution >= 0.6 is 0 Å². The van der Waals surface area contributed by atoms with Crippen molar-refractivity contribution in [3.8, 4) is 0 Å². The van der Waals surface area contributed by atoms with E-state index in [0.29, 0.717) is 0 Å². The second kappa shape index (κ2) is 9.57. The molecule has 0 fully saturated rings. The Hall–Kier alpha value is -0.520. The highest BCUT2D eigenvalue weighted by molar-refractivity contribution is 5.14. The van der Waals surface area contributed by atoms with Gasteiger partial charge in [0, 0.05) is 0 Å². The molecule has 75 valence electrons. The van der Waals surface area contributed by atoms with E-state index in [0.717, 1.165) is 12.8 Å². The third-order valence-corrected chi connectivity index (χ3v) is 2.08. The highest BCUT2D eigenvalue weighted by atomic mass is 13.9. The Bertz CT molecular complexity index is 151. The first kappa shape index (κ1) is 12.5. The second-order valence-corrected chi connectivity index (χ2v) is 3.31. The highest BCUT2D eigenvalue weighted by Gasteiger charge is 1.86. The molecule has 0 unspecified atom stereocenters. The van der Waals surface area contributed by atoms with Crippen molar-refractivity contribution in [1.82, 2.24) is 0 Å². The summed E-state index contributed by atoms with van der Waals surface area (Å²) in [5, 5.41) is 0. The zero-order valence-corrected chi connectivity index (χ0v) is 9.40. The van der Waals surface area contributed by atoms with Crippen molar-refractivity contribution in [2.45, 2.75) is 59.3 Å². The molecule has 0 rings (SSSR count). The summed E-state index contributed by atoms with van der Waals surface area (Å²) in [5.74, 6) is 0. The lowest BCUT2D eigenvalue weighted by Gasteiger charge is -1.95. The van der Waals surface area contributed by atoms with Gasteiger partial charge in [-0.2, -0.15) is 0 Å². The molecule has 0 aromatic carbocycles. The molecule has 0 nitrogen and oxygen atoms in total. The first-order chi connectivity index (χ1) is 6.35. The summed E-state index contributed by atoms with van der Waals surface area (Å²) in [7, 11) is 0. The number of allylic oxidation sites excluding steroid dienone is 4. The lowest BCUT2D eigenvalue weighted by molar-refractivity contribution is 0.729. The zero-order valence-electron chi connectivity index (χ0n) is 9.40. The molecule has 0 spiro atoms. The van der Waals surface area contributed by atoms with Crippen LogP contribution in [0.4, 0.5) is 0 Å². The monoisotopic (exact) mass is 179 g/mol. The van der Waals surface area contributed by atoms with Gasteiger partial charge < -0.3 is 0 Å². The Balaban J connectivity index is 3.61. The van der Waals surface area contributed by atoms with Crippen LogP contribution in [-0.4, -0.2) is 0 Å². The Kier molecular flexibility index (Phi) is 9.18. The fourth-order valence-corrected chi connectivity index (χ4v) is 1.27. The summed E-state index contributed by atoms with van der Waals surface area (Å²) >= 11 is 0. The van der Waals surface area contributed by atoms with Gasteiger partial charge in [-0.05, 0) is 37.3 Å². The summed E-state index contributed by atoms with van der Waals surface area (Å²) in [6.45, 7) is 6.57. The Morgan fingerprint density at radius 2 is 1.92 bits per heavy atom. The molecule has 0 saturated heterocycles. The molecule has 0 heteroatoms. The lowest BCUT2D eigenvalue weighted by atomic mass is 10.1. The Labute approximate surface area is 83.7 Å². The van der Waals surface area contributed by atoms with E-state index in [1.165, 1.54) is 31.3 Å². The van der Waals surface area contributed by atoms with Crippen molar-refractivity contribution in [2.24, 2.45) is 0 Å². The minimum absolute atomic E-state index is 1.03. The van der Waals surface area contributed by atoms with E-state index in [-0.39, 0.29) is 0 Å². The molecular weight excluding hydrogens is 156 g/mol. The van der Waals surface area contributed by atoms with Crippen LogP contribution in [0, 0.1) is 6.08 Å². The van der Waals surface area contributed by atoms with Gasteiger partial charge in [0.05, 0.1) is 0 Å². The van der Waals surface area contributed by atoms with Crippen molar-refractivity contribution in [3.05, 3.63) is 23.8 Å². The van der Waals surface area contributed by atoms with E-state index in [4.69, 9.17) is 0 Å². The van der Waals surface area contributed by atoms with Gasteiger partial charge in [-0.15, -0.1) is 0 Å². The van der Waals surface area contributed by atoms with Gasteiger partial charge in [0.1, 0.15) is 0 Å². The van der Waals surface area contributed by atoms with Crippen molar-refractivity contribution in [1.29, 1.82) is 0 Å². The summed E-state index contributed by atoms with van der Waals surface area (Å²) in [6, 6.07) is 0. The maximum absolute atomic E-state index is 3.35. The van der Waals surface area contributed by atoms with Gasteiger partial charge in [0.2, 0.25) is 0 Å². The quantitative estimate of drug-likeness (QED) is 0.393. The van der Waals surface area contributed by atoms with Crippen LogP contribution in [0.15, 0.2) is 17.7 Å². The molecule has 0 saturated carbocycles. The van der Waals surface area contributed by atoms with E-state index >= 15 is 0 Å². The fraction of sp³-hybridized carbons (Fsp3) is 0.692. The number of hydrogen-bond acceptors (Lipinski definition) is 0. The standard InChI is InChI=1S/C13H23/c1-4-7-8-9-10-12-13(6-3)11-5-2/h10,12H,4-9H2,1-3H3/b12-10+,13-11?. The molecular formula is C13H23. The maximum atomic E-state index is 3.35. The largest absolute Gasteiger partial charge is 0.0843 e. The van der Waals surface area contributed by atoms with Crippen molar-refractivity contribution >= 4 is 0 Å². The average molecular weight is 179 g/mol. The molecule has 0 amide bonds. The number of unbranched alkanes of at least 4 members (excludes halogenated alkanes) is 3. The van der Waals surface area contributed by atoms with Crippen LogP contribution in [-0.2, 0) is 0 Å². The molecule has 0 atom stereocenters. The molecule has 0 aliphatic carbocycles. The summed E-state index contributed by atoms with van der Waals surface area (Å²) in [4.78, 5) is 0. The third-order valence-electron chi connectivity index (χ3n) is 2.08. The molecule has 13 heavy (non-hydrogen) atoms. The van der Waals surface area contributed by atoms with Gasteiger partial charge in [0.25, 0.3) is 0 Å². The fourth-order valence-electron chi connectivity index (χ4n) is 1.27. The van der Waals surface area contributed by atoms with E-state index < -0.39 is 0 Å². The normalized spacial score (nSPS) is 12.7. The third kappa shape index (κ3) is 7.83. The van der Waals surface area contributed by atoms with Crippen LogP contribution in [0.25, 0.3) is 0 Å². The smallest absolute Gasteiger partial charge is 0.0302 e. The topological polar surface area (TPSA) is 0 Å². The zero-order chi connectivity index (χ0) is 9.94. The van der Waals surface area contributed by atoms with Gasteiger partial charge in [0.15, 0.2) is 0 Å². The van der Waals surface area contributed by atoms with E-state index in [2.05, 4.69) is 39.0 Å². The van der Waals surface area contributed by atoms with Gasteiger partial charge in [-0.1, -0.05) is 45.8 Å². The first-order valence-electron chi connectivity index (χ1n) is 5.61. The maximum Gasteiger partial charge on any atom is -0.0302 e. The van der Waals surface area contributed by atoms with E-state index in [1.807, 2.05) is 0 Å². The molecule has 1 radical (unpaired) electrons. The van der Waals surface area contributed by atoms with Gasteiger partial charge >= 0.3 is 0 Å². The second-order valence-electron chi connectivity index (χ2n) is 3.31. The molecule has 0 aliphatic rings. The average Bonchev–Trinajstić information content (AvgIpc) is 2.16. The number of hydrogen-bond donors (Lipinski definition) is 0. The predicted molar refractivity (Wildman–Crippen MR) is 60.6 cm³/mol. The molecule has 0 heterocycles. The van der Waals surface area contributed by atoms with Gasteiger partial charge in [-0.3, -0.25) is 0 Å². The number of rotatable bonds is 7. The van der Waals surface area contributed by atoms with Crippen LogP contribution in [0.5, 0.6) is 0 Å². The van der Waals surface area contributed by atoms with E-state index in [9.17, 15) is 0 Å². The SMILES string of the molecule is CC/[C]=C(\C=C\CCCCC)CC. The minimum atomic E-state index is 1.03. The molecule has 0 N–H and O–H groups in total. The lowest BCUT2D eigenvalue weighted by Crippen LogP contribution is -1.76. The molecule has 0 aromatic rings. The Morgan fingerprint density at radius 1 is 1.15 bits per heavy atom. The summed E-state index contributed by atoms with van der Waals surface area (Å²) in [5.41, 5.74) is 1.36. The molecule has 0 aliphatic heterocycles. The Morgan fingerprint density at radius 3 is 2.46 bits per heavy atom. The first-order valence-corrected chi connectivity index (χ1v) is 5.61.